The van der Waals surface area contributed by atoms with Gasteiger partial charge in [0.25, 0.3) is 11.1 Å². The third-order valence-corrected chi connectivity index (χ3v) is 7.20. The van der Waals surface area contributed by atoms with Gasteiger partial charge in [0, 0.05) is 0 Å². The quantitative estimate of drug-likeness (QED) is 0.232. The first-order valence-corrected chi connectivity index (χ1v) is 13.0. The number of rotatable bonds is 8. The molecule has 4 aromatic carbocycles. The van der Waals surface area contributed by atoms with Crippen molar-refractivity contribution >= 4 is 39.8 Å². The van der Waals surface area contributed by atoms with Gasteiger partial charge in [-0.1, -0.05) is 72.8 Å². The van der Waals surface area contributed by atoms with Crippen LogP contribution in [0.4, 0.5) is 4.79 Å². The molecule has 0 aliphatic carbocycles. The van der Waals surface area contributed by atoms with Crippen molar-refractivity contribution in [1.29, 1.82) is 0 Å². The highest BCUT2D eigenvalue weighted by Crippen LogP contribution is 2.36. The molecule has 5 rings (SSSR count). The van der Waals surface area contributed by atoms with Gasteiger partial charge >= 0.3 is 0 Å². The van der Waals surface area contributed by atoms with Gasteiger partial charge in [0.2, 0.25) is 0 Å². The Bertz CT molecular complexity index is 1510. The van der Waals surface area contributed by atoms with Gasteiger partial charge in [0.15, 0.2) is 11.5 Å². The predicted molar refractivity (Wildman–Crippen MR) is 149 cm³/mol. The Morgan fingerprint density at radius 2 is 1.59 bits per heavy atom. The molecule has 0 unspecified atom stereocenters. The number of hydrogen-bond donors (Lipinski definition) is 0. The topological polar surface area (TPSA) is 55.8 Å². The first kappa shape index (κ1) is 24.7. The summed E-state index contributed by atoms with van der Waals surface area (Å²) in [6.45, 7) is 5.03. The molecule has 2 amide bonds. The Morgan fingerprint density at radius 3 is 2.43 bits per heavy atom. The van der Waals surface area contributed by atoms with Crippen LogP contribution in [-0.4, -0.2) is 22.7 Å². The Hall–Kier alpha value is -4.03. The van der Waals surface area contributed by atoms with Gasteiger partial charge in [-0.3, -0.25) is 14.5 Å². The fourth-order valence-electron chi connectivity index (χ4n) is 4.32. The van der Waals surface area contributed by atoms with Crippen molar-refractivity contribution in [2.75, 3.05) is 6.61 Å². The highest BCUT2D eigenvalue weighted by molar-refractivity contribution is 8.18. The van der Waals surface area contributed by atoms with E-state index in [1.807, 2.05) is 74.5 Å². The van der Waals surface area contributed by atoms with E-state index in [4.69, 9.17) is 9.47 Å². The van der Waals surface area contributed by atoms with Gasteiger partial charge in [-0.25, -0.2) is 0 Å². The van der Waals surface area contributed by atoms with E-state index in [-0.39, 0.29) is 17.7 Å². The molecule has 0 atom stereocenters. The average Bonchev–Trinajstić information content (AvgIpc) is 3.17. The molecule has 1 heterocycles. The first-order chi connectivity index (χ1) is 18.0. The number of carbonyl (C=O) groups is 2. The lowest BCUT2D eigenvalue weighted by atomic mass is 10.1. The van der Waals surface area contributed by atoms with Gasteiger partial charge in [-0.15, -0.1) is 0 Å². The molecule has 4 aromatic rings. The number of carbonyl (C=O) groups excluding carboxylic acids is 2. The van der Waals surface area contributed by atoms with Crippen LogP contribution in [-0.2, 0) is 17.9 Å². The van der Waals surface area contributed by atoms with Gasteiger partial charge in [-0.05, 0) is 76.8 Å². The normalized spacial score (nSPS) is 14.5. The van der Waals surface area contributed by atoms with Crippen LogP contribution in [0, 0.1) is 6.92 Å². The van der Waals surface area contributed by atoms with Crippen molar-refractivity contribution < 1.29 is 19.1 Å². The predicted octanol–water partition coefficient (Wildman–Crippen LogP) is 7.36. The molecule has 0 spiro atoms. The molecule has 0 N–H and O–H groups in total. The first-order valence-electron chi connectivity index (χ1n) is 12.2. The minimum absolute atomic E-state index is 0.264. The summed E-state index contributed by atoms with van der Waals surface area (Å²) >= 11 is 0.960. The maximum Gasteiger partial charge on any atom is 0.293 e. The summed E-state index contributed by atoms with van der Waals surface area (Å²) in [6.07, 6.45) is 1.74. The van der Waals surface area contributed by atoms with Crippen molar-refractivity contribution in [2.24, 2.45) is 0 Å². The summed E-state index contributed by atoms with van der Waals surface area (Å²) in [5.41, 5.74) is 3.86. The Kier molecular flexibility index (Phi) is 7.28. The molecular weight excluding hydrogens is 482 g/mol. The number of imide groups is 1. The molecule has 1 aliphatic rings. The third-order valence-electron chi connectivity index (χ3n) is 6.29. The van der Waals surface area contributed by atoms with E-state index in [1.165, 1.54) is 10.3 Å². The molecule has 1 fully saturated rings. The number of benzene rings is 4. The van der Waals surface area contributed by atoms with E-state index < -0.39 is 0 Å². The molecule has 1 aliphatic heterocycles. The SMILES string of the molecule is CCOc1cc(/C=C2\SC(=O)N(Cc3ccccc3C)C2=O)ccc1OCc1cccc2ccccc12. The van der Waals surface area contributed by atoms with E-state index in [1.54, 1.807) is 6.08 Å². The molecule has 5 nitrogen and oxygen atoms in total. The van der Waals surface area contributed by atoms with Crippen molar-refractivity contribution in [3.8, 4) is 11.5 Å². The van der Waals surface area contributed by atoms with Crippen molar-refractivity contribution in [2.45, 2.75) is 27.0 Å². The lowest BCUT2D eigenvalue weighted by molar-refractivity contribution is -0.123. The summed E-state index contributed by atoms with van der Waals surface area (Å²) in [5, 5.41) is 2.06. The Balaban J connectivity index is 1.35. The number of hydrogen-bond acceptors (Lipinski definition) is 5. The minimum Gasteiger partial charge on any atom is -0.490 e. The average molecular weight is 510 g/mol. The fraction of sp³-hybridized carbons (Fsp3) is 0.161. The number of nitrogens with zero attached hydrogens (tertiary/aromatic N) is 1. The highest BCUT2D eigenvalue weighted by Gasteiger charge is 2.35. The Labute approximate surface area is 220 Å². The Morgan fingerprint density at radius 1 is 0.838 bits per heavy atom. The molecule has 0 bridgehead atoms. The summed E-state index contributed by atoms with van der Waals surface area (Å²) < 4.78 is 12.0. The van der Waals surface area contributed by atoms with Crippen LogP contribution in [0.1, 0.15) is 29.2 Å². The fourth-order valence-corrected chi connectivity index (χ4v) is 5.16. The van der Waals surface area contributed by atoms with Crippen LogP contribution in [0.5, 0.6) is 11.5 Å². The van der Waals surface area contributed by atoms with Gasteiger partial charge in [0.05, 0.1) is 18.1 Å². The molecule has 37 heavy (non-hydrogen) atoms. The van der Waals surface area contributed by atoms with E-state index in [0.717, 1.165) is 39.4 Å². The standard InChI is InChI=1S/C31H27NO4S/c1-3-35-28-17-22(15-16-27(28)36-20-25-13-8-12-23-10-6-7-14-26(23)25)18-29-30(33)32(31(34)37-29)19-24-11-5-4-9-21(24)2/h4-18H,3,19-20H2,1-2H3/b29-18-. The second-order valence-corrected chi connectivity index (χ2v) is 9.75. The zero-order chi connectivity index (χ0) is 25.8. The van der Waals surface area contributed by atoms with E-state index in [0.29, 0.717) is 29.6 Å². The number of ether oxygens (including phenoxy) is 2. The number of fused-ring (bicyclic) bond motifs is 1. The molecule has 0 radical (unpaired) electrons. The van der Waals surface area contributed by atoms with Gasteiger partial charge < -0.3 is 9.47 Å². The highest BCUT2D eigenvalue weighted by atomic mass is 32.2. The van der Waals surface area contributed by atoms with Crippen LogP contribution in [0.3, 0.4) is 0 Å². The summed E-state index contributed by atoms with van der Waals surface area (Å²) in [5.74, 6) is 0.933. The van der Waals surface area contributed by atoms with Gasteiger partial charge in [0.1, 0.15) is 6.61 Å². The molecule has 1 saturated heterocycles. The minimum atomic E-state index is -0.285. The zero-order valence-electron chi connectivity index (χ0n) is 20.8. The lowest BCUT2D eigenvalue weighted by Gasteiger charge is -2.14. The smallest absolute Gasteiger partial charge is 0.293 e. The van der Waals surface area contributed by atoms with Gasteiger partial charge in [-0.2, -0.15) is 0 Å². The summed E-state index contributed by atoms with van der Waals surface area (Å²) in [4.78, 5) is 27.3. The molecule has 6 heteroatoms. The number of amides is 2. The largest absolute Gasteiger partial charge is 0.490 e. The summed E-state index contributed by atoms with van der Waals surface area (Å²) in [7, 11) is 0. The van der Waals surface area contributed by atoms with E-state index in [9.17, 15) is 9.59 Å². The van der Waals surface area contributed by atoms with Crippen LogP contribution in [0.15, 0.2) is 89.8 Å². The van der Waals surface area contributed by atoms with Crippen molar-refractivity contribution in [3.63, 3.8) is 0 Å². The molecule has 0 saturated carbocycles. The molecular formula is C31H27NO4S. The molecule has 0 aromatic heterocycles. The number of thioether (sulfide) groups is 1. The van der Waals surface area contributed by atoms with Crippen LogP contribution < -0.4 is 9.47 Å². The maximum absolute atomic E-state index is 13.0. The van der Waals surface area contributed by atoms with Crippen LogP contribution in [0.25, 0.3) is 16.8 Å². The zero-order valence-corrected chi connectivity index (χ0v) is 21.6. The van der Waals surface area contributed by atoms with Crippen molar-refractivity contribution in [3.05, 3.63) is 112 Å². The lowest BCUT2D eigenvalue weighted by Crippen LogP contribution is -2.27. The van der Waals surface area contributed by atoms with Crippen molar-refractivity contribution in [1.82, 2.24) is 4.90 Å². The molecule has 186 valence electrons. The number of aryl methyl sites for hydroxylation is 1. The maximum atomic E-state index is 13.0. The monoisotopic (exact) mass is 509 g/mol. The van der Waals surface area contributed by atoms with E-state index in [2.05, 4.69) is 24.3 Å². The third kappa shape index (κ3) is 5.39. The van der Waals surface area contributed by atoms with E-state index >= 15 is 0 Å². The summed E-state index contributed by atoms with van der Waals surface area (Å²) in [6, 6.07) is 27.7. The van der Waals surface area contributed by atoms with Crippen LogP contribution >= 0.6 is 11.8 Å². The second-order valence-electron chi connectivity index (χ2n) is 8.76. The van der Waals surface area contributed by atoms with Crippen LogP contribution in [0.2, 0.25) is 0 Å². The second kappa shape index (κ2) is 10.9.